The van der Waals surface area contributed by atoms with Crippen molar-refractivity contribution < 1.29 is 14.3 Å². The molecule has 19 heavy (non-hydrogen) atoms. The Morgan fingerprint density at radius 3 is 2.58 bits per heavy atom. The van der Waals surface area contributed by atoms with Gasteiger partial charge in [-0.2, -0.15) is 0 Å². The maximum Gasteiger partial charge on any atom is 0.303 e. The number of hydrogen-bond acceptors (Lipinski definition) is 3. The molecule has 1 saturated carbocycles. The fraction of sp³-hybridized carbons (Fsp3) is 0.625. The largest absolute Gasteiger partial charge is 0.457 e. The van der Waals surface area contributed by atoms with Gasteiger partial charge in [-0.15, -0.1) is 0 Å². The smallest absolute Gasteiger partial charge is 0.303 e. The number of carbonyl (C=O) groups excluding carboxylic acids is 2. The molecule has 102 valence electrons. The highest BCUT2D eigenvalue weighted by Gasteiger charge is 2.52. The first-order valence-electron chi connectivity index (χ1n) is 7.10. The molecule has 0 aromatic rings. The number of ether oxygens (including phenoxy) is 1. The molecule has 5 atom stereocenters. The molecule has 3 heteroatoms. The number of Topliss-reactive ketones (excluding diaryl/α,β-unsaturated/α-hetero) is 1. The van der Waals surface area contributed by atoms with Crippen molar-refractivity contribution in [3.05, 3.63) is 23.8 Å². The quantitative estimate of drug-likeness (QED) is 0.578. The number of rotatable bonds is 3. The molecular weight excluding hydrogens is 240 g/mol. The van der Waals surface area contributed by atoms with Crippen LogP contribution in [0.3, 0.4) is 0 Å². The SMILES string of the molecule is CC(=O)OC(C1=C[C@H]2[C@@H](C1=O)[C@H]1C=C[C@@H]2C1)C(C)C. The van der Waals surface area contributed by atoms with Crippen LogP contribution >= 0.6 is 0 Å². The van der Waals surface area contributed by atoms with Crippen LogP contribution in [0.4, 0.5) is 0 Å². The van der Waals surface area contributed by atoms with Gasteiger partial charge in [-0.3, -0.25) is 9.59 Å². The summed E-state index contributed by atoms with van der Waals surface area (Å²) in [4.78, 5) is 23.8. The van der Waals surface area contributed by atoms with E-state index in [0.29, 0.717) is 17.8 Å². The molecule has 1 unspecified atom stereocenters. The standard InChI is InChI=1S/C16H20O3/c1-8(2)16(19-9(3)17)13-7-12-10-4-5-11(6-10)14(12)15(13)18/h4-5,7-8,10-12,14,16H,6H2,1-3H3/t10-,11+,12-,14+,16?/m1/s1. The number of ketones is 1. The molecule has 0 N–H and O–H groups in total. The molecule has 3 rings (SSSR count). The van der Waals surface area contributed by atoms with Crippen LogP contribution in [0, 0.1) is 29.6 Å². The summed E-state index contributed by atoms with van der Waals surface area (Å²) in [6.07, 6.45) is 7.26. The first-order chi connectivity index (χ1) is 8.99. The highest BCUT2D eigenvalue weighted by molar-refractivity contribution is 6.02. The third kappa shape index (κ3) is 1.87. The van der Waals surface area contributed by atoms with E-state index in [1.165, 1.54) is 6.92 Å². The van der Waals surface area contributed by atoms with Crippen molar-refractivity contribution in [3.8, 4) is 0 Å². The molecule has 0 aromatic heterocycles. The zero-order chi connectivity index (χ0) is 13.7. The van der Waals surface area contributed by atoms with Crippen LogP contribution in [0.15, 0.2) is 23.8 Å². The third-order valence-corrected chi connectivity index (χ3v) is 4.68. The molecule has 3 aliphatic carbocycles. The summed E-state index contributed by atoms with van der Waals surface area (Å²) in [6, 6.07) is 0. The van der Waals surface area contributed by atoms with Gasteiger partial charge in [-0.25, -0.2) is 0 Å². The van der Waals surface area contributed by atoms with Crippen LogP contribution in [-0.2, 0) is 14.3 Å². The predicted molar refractivity (Wildman–Crippen MR) is 71.2 cm³/mol. The number of carbonyl (C=O) groups is 2. The van der Waals surface area contributed by atoms with Crippen LogP contribution in [0.2, 0.25) is 0 Å². The second kappa shape index (κ2) is 4.32. The Kier molecular flexibility index (Phi) is 2.88. The summed E-state index contributed by atoms with van der Waals surface area (Å²) < 4.78 is 5.37. The van der Waals surface area contributed by atoms with E-state index >= 15 is 0 Å². The molecular formula is C16H20O3. The lowest BCUT2D eigenvalue weighted by atomic mass is 9.84. The maximum atomic E-state index is 12.6. The van der Waals surface area contributed by atoms with Crippen molar-refractivity contribution in [2.75, 3.05) is 0 Å². The van der Waals surface area contributed by atoms with Gasteiger partial charge in [0, 0.05) is 18.4 Å². The zero-order valence-corrected chi connectivity index (χ0v) is 11.6. The van der Waals surface area contributed by atoms with Crippen molar-refractivity contribution in [2.24, 2.45) is 29.6 Å². The van der Waals surface area contributed by atoms with Crippen LogP contribution in [0.1, 0.15) is 27.2 Å². The van der Waals surface area contributed by atoms with Gasteiger partial charge >= 0.3 is 5.97 Å². The molecule has 1 fully saturated rings. The minimum atomic E-state index is -0.380. The Balaban J connectivity index is 1.87. The van der Waals surface area contributed by atoms with Gasteiger partial charge < -0.3 is 4.74 Å². The van der Waals surface area contributed by atoms with E-state index in [-0.39, 0.29) is 29.7 Å². The van der Waals surface area contributed by atoms with Crippen LogP contribution in [-0.4, -0.2) is 17.9 Å². The van der Waals surface area contributed by atoms with E-state index in [2.05, 4.69) is 18.2 Å². The molecule has 0 heterocycles. The summed E-state index contributed by atoms with van der Waals surface area (Å²) in [5.74, 6) is 1.40. The average molecular weight is 260 g/mol. The summed E-state index contributed by atoms with van der Waals surface area (Å²) in [6.45, 7) is 5.38. The Hall–Kier alpha value is -1.38. The van der Waals surface area contributed by atoms with Crippen LogP contribution in [0.5, 0.6) is 0 Å². The fourth-order valence-electron chi connectivity index (χ4n) is 3.91. The molecule has 0 aliphatic heterocycles. The average Bonchev–Trinajstić information content (AvgIpc) is 2.98. The van der Waals surface area contributed by atoms with Gasteiger partial charge in [0.1, 0.15) is 6.10 Å². The normalized spacial score (nSPS) is 36.6. The zero-order valence-electron chi connectivity index (χ0n) is 11.6. The van der Waals surface area contributed by atoms with Gasteiger partial charge in [0.25, 0.3) is 0 Å². The molecule has 0 amide bonds. The molecule has 3 aliphatic rings. The van der Waals surface area contributed by atoms with Gasteiger partial charge in [-0.1, -0.05) is 32.1 Å². The van der Waals surface area contributed by atoms with Gasteiger partial charge in [0.2, 0.25) is 0 Å². The number of fused-ring (bicyclic) bond motifs is 5. The molecule has 0 saturated heterocycles. The summed E-state index contributed by atoms with van der Waals surface area (Å²) in [5, 5.41) is 0. The Labute approximate surface area is 113 Å². The lowest BCUT2D eigenvalue weighted by Gasteiger charge is -2.22. The van der Waals surface area contributed by atoms with Crippen molar-refractivity contribution in [2.45, 2.75) is 33.3 Å². The van der Waals surface area contributed by atoms with E-state index in [1.807, 2.05) is 13.8 Å². The Morgan fingerprint density at radius 1 is 1.32 bits per heavy atom. The predicted octanol–water partition coefficient (Wildman–Crippen LogP) is 2.52. The number of esters is 1. The lowest BCUT2D eigenvalue weighted by molar-refractivity contribution is -0.146. The number of allylic oxidation sites excluding steroid dienone is 3. The van der Waals surface area contributed by atoms with Gasteiger partial charge in [0.05, 0.1) is 0 Å². The fourth-order valence-corrected chi connectivity index (χ4v) is 3.91. The van der Waals surface area contributed by atoms with E-state index in [0.717, 1.165) is 12.0 Å². The first-order valence-corrected chi connectivity index (χ1v) is 7.10. The van der Waals surface area contributed by atoms with E-state index in [4.69, 9.17) is 4.74 Å². The highest BCUT2D eigenvalue weighted by atomic mass is 16.5. The van der Waals surface area contributed by atoms with Crippen molar-refractivity contribution in [1.82, 2.24) is 0 Å². The van der Waals surface area contributed by atoms with E-state index in [9.17, 15) is 9.59 Å². The second-order valence-corrected chi connectivity index (χ2v) is 6.31. The van der Waals surface area contributed by atoms with Gasteiger partial charge in [-0.05, 0) is 30.1 Å². The number of hydrogen-bond donors (Lipinski definition) is 0. The molecule has 0 radical (unpaired) electrons. The Bertz CT molecular complexity index is 486. The van der Waals surface area contributed by atoms with Crippen molar-refractivity contribution in [1.29, 1.82) is 0 Å². The maximum absolute atomic E-state index is 12.6. The van der Waals surface area contributed by atoms with E-state index in [1.54, 1.807) is 0 Å². The summed E-state index contributed by atoms with van der Waals surface area (Å²) in [7, 11) is 0. The lowest BCUT2D eigenvalue weighted by Crippen LogP contribution is -2.30. The van der Waals surface area contributed by atoms with Crippen molar-refractivity contribution in [3.63, 3.8) is 0 Å². The minimum absolute atomic E-state index is 0.113. The second-order valence-electron chi connectivity index (χ2n) is 6.31. The molecule has 0 spiro atoms. The molecule has 2 bridgehead atoms. The third-order valence-electron chi connectivity index (χ3n) is 4.68. The summed E-state index contributed by atoms with van der Waals surface area (Å²) in [5.41, 5.74) is 0.735. The van der Waals surface area contributed by atoms with Gasteiger partial charge in [0.15, 0.2) is 5.78 Å². The monoisotopic (exact) mass is 260 g/mol. The van der Waals surface area contributed by atoms with Crippen molar-refractivity contribution >= 4 is 11.8 Å². The molecule has 3 nitrogen and oxygen atoms in total. The Morgan fingerprint density at radius 2 is 2.00 bits per heavy atom. The van der Waals surface area contributed by atoms with Crippen LogP contribution in [0.25, 0.3) is 0 Å². The summed E-state index contributed by atoms with van der Waals surface area (Å²) >= 11 is 0. The highest BCUT2D eigenvalue weighted by Crippen LogP contribution is 2.53. The molecule has 0 aromatic carbocycles. The van der Waals surface area contributed by atoms with Crippen LogP contribution < -0.4 is 0 Å². The topological polar surface area (TPSA) is 43.4 Å². The van der Waals surface area contributed by atoms with E-state index < -0.39 is 0 Å². The minimum Gasteiger partial charge on any atom is -0.457 e. The first kappa shape index (κ1) is 12.6.